The number of urea groups is 1. The van der Waals surface area contributed by atoms with Crippen LogP contribution in [-0.2, 0) is 19.2 Å². The van der Waals surface area contributed by atoms with E-state index in [-0.39, 0.29) is 10.8 Å². The number of thiocarbonyl (C=S) groups is 1. The third-order valence-corrected chi connectivity index (χ3v) is 5.76. The zero-order valence-corrected chi connectivity index (χ0v) is 18.7. The van der Waals surface area contributed by atoms with Crippen LogP contribution in [0.5, 0.6) is 0 Å². The van der Waals surface area contributed by atoms with E-state index in [4.69, 9.17) is 12.2 Å². The molecule has 2 heterocycles. The van der Waals surface area contributed by atoms with Gasteiger partial charge >= 0.3 is 6.03 Å². The molecule has 2 aromatic carbocycles. The molecule has 4 rings (SSSR count). The number of barbiturate groups is 1. The molecule has 0 unspecified atom stereocenters. The van der Waals surface area contributed by atoms with Crippen LogP contribution in [0.1, 0.15) is 11.1 Å². The van der Waals surface area contributed by atoms with Crippen LogP contribution in [0.3, 0.4) is 0 Å². The van der Waals surface area contributed by atoms with Crippen molar-refractivity contribution in [2.45, 2.75) is 13.8 Å². The van der Waals surface area contributed by atoms with Crippen molar-refractivity contribution >= 4 is 58.4 Å². The molecule has 0 radical (unpaired) electrons. The molecule has 2 saturated heterocycles. The van der Waals surface area contributed by atoms with Crippen molar-refractivity contribution in [3.05, 3.63) is 71.1 Å². The number of hydrogen-bond donors (Lipinski definition) is 2. The molecule has 0 spiro atoms. The van der Waals surface area contributed by atoms with Crippen molar-refractivity contribution in [3.8, 4) is 0 Å². The highest BCUT2D eigenvalue weighted by atomic mass is 32.1. The molecule has 1 atom stereocenters. The summed E-state index contributed by atoms with van der Waals surface area (Å²) in [6.07, 6.45) is 0.897. The molecule has 2 fully saturated rings. The minimum atomic E-state index is -1.57. The lowest BCUT2D eigenvalue weighted by atomic mass is 9.98. The molecule has 0 aliphatic carbocycles. The maximum Gasteiger partial charge on any atom is 0.335 e. The van der Waals surface area contributed by atoms with Crippen LogP contribution >= 0.6 is 12.2 Å². The van der Waals surface area contributed by atoms with E-state index in [1.165, 1.54) is 12.1 Å². The van der Waals surface area contributed by atoms with E-state index < -0.39 is 47.0 Å². The Morgan fingerprint density at radius 1 is 0.882 bits per heavy atom. The van der Waals surface area contributed by atoms with E-state index in [1.54, 1.807) is 18.2 Å². The van der Waals surface area contributed by atoms with Crippen LogP contribution in [-0.4, -0.2) is 34.8 Å². The van der Waals surface area contributed by atoms with Crippen molar-refractivity contribution < 1.29 is 28.4 Å². The highest BCUT2D eigenvalue weighted by Crippen LogP contribution is 2.26. The molecule has 172 valence electrons. The lowest BCUT2D eigenvalue weighted by Crippen LogP contribution is -2.59. The molecule has 9 nitrogen and oxygen atoms in total. The zero-order chi connectivity index (χ0) is 24.7. The summed E-state index contributed by atoms with van der Waals surface area (Å²) < 4.78 is 13.3. The van der Waals surface area contributed by atoms with Crippen LogP contribution < -0.4 is 20.4 Å². The van der Waals surface area contributed by atoms with Gasteiger partial charge in [-0.2, -0.15) is 0 Å². The first kappa shape index (κ1) is 22.9. The summed E-state index contributed by atoms with van der Waals surface area (Å²) in [6, 6.07) is 8.55. The average molecular weight is 480 g/mol. The average Bonchev–Trinajstić information content (AvgIpc) is 2.76. The van der Waals surface area contributed by atoms with Gasteiger partial charge in [0.25, 0.3) is 11.8 Å². The largest absolute Gasteiger partial charge is 0.335 e. The summed E-state index contributed by atoms with van der Waals surface area (Å²) in [5, 5.41) is 4.25. The van der Waals surface area contributed by atoms with Gasteiger partial charge in [-0.15, -0.1) is 0 Å². The predicted octanol–water partition coefficient (Wildman–Crippen LogP) is 2.02. The van der Waals surface area contributed by atoms with Gasteiger partial charge in [-0.25, -0.2) is 14.1 Å². The second-order valence-electron chi connectivity index (χ2n) is 7.67. The van der Waals surface area contributed by atoms with Gasteiger partial charge < -0.3 is 5.32 Å². The quantitative estimate of drug-likeness (QED) is 0.301. The third kappa shape index (κ3) is 3.97. The lowest BCUT2D eigenvalue weighted by molar-refractivity contribution is -0.131. The van der Waals surface area contributed by atoms with Crippen molar-refractivity contribution in [3.63, 3.8) is 0 Å². The maximum atomic E-state index is 13.3. The van der Waals surface area contributed by atoms with E-state index in [0.29, 0.717) is 10.6 Å². The van der Waals surface area contributed by atoms with Crippen LogP contribution in [0.4, 0.5) is 20.6 Å². The number of halogens is 1. The number of anilines is 2. The molecule has 0 aromatic heterocycles. The fraction of sp³-hybridized carbons (Fsp3) is 0.130. The summed E-state index contributed by atoms with van der Waals surface area (Å²) in [4.78, 5) is 65.3. The van der Waals surface area contributed by atoms with Crippen molar-refractivity contribution in [2.24, 2.45) is 5.92 Å². The second-order valence-corrected chi connectivity index (χ2v) is 8.06. The highest BCUT2D eigenvalue weighted by Gasteiger charge is 2.42. The van der Waals surface area contributed by atoms with Crippen LogP contribution in [0.15, 0.2) is 54.1 Å². The number of nitrogens with one attached hydrogen (secondary N) is 2. The normalized spacial score (nSPS) is 20.1. The van der Waals surface area contributed by atoms with Gasteiger partial charge in [-0.1, -0.05) is 6.07 Å². The molecule has 6 amide bonds. The van der Waals surface area contributed by atoms with Crippen LogP contribution in [0.25, 0.3) is 0 Å². The minimum absolute atomic E-state index is 0.000317. The monoisotopic (exact) mass is 480 g/mol. The fourth-order valence-corrected chi connectivity index (χ4v) is 3.81. The standard InChI is InChI=1S/C23H17FN4O5S/c1-11-3-6-15(9-12(11)2)28-21(32)17(19(30)26-23(28)34)10-16-18(29)25-22(33)27(20(16)31)14-7-4-13(24)5-8-14/h3-10,17H,1-2H3,(H,25,29,33)(H,26,30,34)/b16-10-/t17-/m0/s1. The first-order valence-electron chi connectivity index (χ1n) is 10.0. The molecule has 2 aliphatic rings. The van der Waals surface area contributed by atoms with Crippen molar-refractivity contribution in [1.29, 1.82) is 0 Å². The number of rotatable bonds is 3. The van der Waals surface area contributed by atoms with Gasteiger partial charge in [0.15, 0.2) is 5.11 Å². The number of amides is 6. The summed E-state index contributed by atoms with van der Waals surface area (Å²) in [7, 11) is 0. The van der Waals surface area contributed by atoms with Gasteiger partial charge in [-0.05, 0) is 79.7 Å². The third-order valence-electron chi connectivity index (χ3n) is 5.47. The van der Waals surface area contributed by atoms with E-state index in [0.717, 1.165) is 34.2 Å². The van der Waals surface area contributed by atoms with Crippen molar-refractivity contribution in [2.75, 3.05) is 9.80 Å². The Kier molecular flexibility index (Phi) is 5.80. The molecule has 11 heteroatoms. The van der Waals surface area contributed by atoms with Crippen LogP contribution in [0.2, 0.25) is 0 Å². The first-order chi connectivity index (χ1) is 16.1. The Balaban J connectivity index is 1.71. The Morgan fingerprint density at radius 2 is 1.53 bits per heavy atom. The number of carbonyl (C=O) groups excluding carboxylic acids is 5. The van der Waals surface area contributed by atoms with Gasteiger partial charge in [0.1, 0.15) is 17.3 Å². The van der Waals surface area contributed by atoms with E-state index in [1.807, 2.05) is 19.2 Å². The summed E-state index contributed by atoms with van der Waals surface area (Å²) in [5.74, 6) is -5.89. The Hall–Kier alpha value is -4.25. The maximum absolute atomic E-state index is 13.3. The summed E-state index contributed by atoms with van der Waals surface area (Å²) in [5.41, 5.74) is 1.68. The van der Waals surface area contributed by atoms with Gasteiger partial charge in [-0.3, -0.25) is 29.4 Å². The lowest BCUT2D eigenvalue weighted by Gasteiger charge is -2.32. The minimum Gasteiger partial charge on any atom is -0.301 e. The Labute approximate surface area is 198 Å². The second kappa shape index (κ2) is 8.60. The fourth-order valence-electron chi connectivity index (χ4n) is 3.51. The van der Waals surface area contributed by atoms with E-state index in [2.05, 4.69) is 5.32 Å². The number of benzene rings is 2. The molecule has 34 heavy (non-hydrogen) atoms. The van der Waals surface area contributed by atoms with Crippen LogP contribution in [0, 0.1) is 25.6 Å². The van der Waals surface area contributed by atoms with Gasteiger partial charge in [0.2, 0.25) is 11.8 Å². The number of hydrogen-bond acceptors (Lipinski definition) is 6. The molecule has 0 bridgehead atoms. The number of carbonyl (C=O) groups is 5. The SMILES string of the molecule is Cc1ccc(N2C(=O)[C@@H](/C=C3/C(=O)NC(=O)N(c4ccc(F)cc4)C3=O)C(=O)NC2=S)cc1C. The highest BCUT2D eigenvalue weighted by molar-refractivity contribution is 7.80. The number of nitrogens with zero attached hydrogens (tertiary/aromatic N) is 2. The summed E-state index contributed by atoms with van der Waals surface area (Å²) in [6.45, 7) is 3.74. The van der Waals surface area contributed by atoms with Crippen molar-refractivity contribution in [1.82, 2.24) is 10.6 Å². The molecule has 2 N–H and O–H groups in total. The Bertz CT molecular complexity index is 1320. The van der Waals surface area contributed by atoms with Gasteiger partial charge in [0.05, 0.1) is 11.4 Å². The van der Waals surface area contributed by atoms with E-state index >= 15 is 0 Å². The smallest absolute Gasteiger partial charge is 0.301 e. The topological polar surface area (TPSA) is 116 Å². The molecule has 0 saturated carbocycles. The molecular weight excluding hydrogens is 463 g/mol. The molecule has 2 aromatic rings. The zero-order valence-electron chi connectivity index (χ0n) is 17.9. The predicted molar refractivity (Wildman–Crippen MR) is 123 cm³/mol. The van der Waals surface area contributed by atoms with Gasteiger partial charge in [0, 0.05) is 0 Å². The first-order valence-corrected chi connectivity index (χ1v) is 10.4. The number of imide groups is 2. The Morgan fingerprint density at radius 3 is 2.18 bits per heavy atom. The number of aryl methyl sites for hydroxylation is 2. The summed E-state index contributed by atoms with van der Waals surface area (Å²) >= 11 is 5.17. The molecule has 2 aliphatic heterocycles. The molecular formula is C23H17FN4O5S. The van der Waals surface area contributed by atoms with E-state index in [9.17, 15) is 28.4 Å².